The Hall–Kier alpha value is -0.260. The quantitative estimate of drug-likeness (QED) is 0.182. The summed E-state index contributed by atoms with van der Waals surface area (Å²) >= 11 is 0. The minimum atomic E-state index is 0.755. The van der Waals surface area contributed by atoms with E-state index in [0.29, 0.717) is 0 Å². The number of allylic oxidation sites excluding steroid dienone is 1. The first-order valence-corrected chi connectivity index (χ1v) is 16.8. The molecular formula is C36H74. The Balaban J connectivity index is 0. The number of hydrogen-bond acceptors (Lipinski definition) is 0. The summed E-state index contributed by atoms with van der Waals surface area (Å²) in [6.45, 7) is 34.3. The zero-order chi connectivity index (χ0) is 28.3. The molecule has 0 N–H and O–H groups in total. The second-order valence-electron chi connectivity index (χ2n) is 12.8. The van der Waals surface area contributed by atoms with Gasteiger partial charge in [0.1, 0.15) is 0 Å². The topological polar surface area (TPSA) is 0 Å². The van der Waals surface area contributed by atoms with Gasteiger partial charge in [-0.25, -0.2) is 0 Å². The van der Waals surface area contributed by atoms with Gasteiger partial charge in [0.25, 0.3) is 0 Å². The van der Waals surface area contributed by atoms with Crippen molar-refractivity contribution in [3.8, 4) is 0 Å². The molecule has 1 fully saturated rings. The lowest BCUT2D eigenvalue weighted by molar-refractivity contribution is 0.0748. The molecule has 1 aliphatic carbocycles. The van der Waals surface area contributed by atoms with Gasteiger partial charge in [0.15, 0.2) is 0 Å². The van der Waals surface area contributed by atoms with Gasteiger partial charge < -0.3 is 0 Å². The normalized spacial score (nSPS) is 23.1. The maximum absolute atomic E-state index is 4.33. The molecule has 0 saturated heterocycles. The first-order chi connectivity index (χ1) is 17.1. The van der Waals surface area contributed by atoms with Crippen LogP contribution in [0, 0.1) is 53.3 Å². The Morgan fingerprint density at radius 2 is 1.42 bits per heavy atom. The first-order valence-electron chi connectivity index (χ1n) is 16.8. The van der Waals surface area contributed by atoms with E-state index in [2.05, 4.69) is 68.9 Å². The molecule has 0 heterocycles. The average Bonchev–Trinajstić information content (AvgIpc) is 2.87. The summed E-state index contributed by atoms with van der Waals surface area (Å²) in [6, 6.07) is 0. The second kappa shape index (κ2) is 22.7. The molecule has 1 aliphatic rings. The zero-order valence-corrected chi connectivity index (χ0v) is 27.9. The van der Waals surface area contributed by atoms with Gasteiger partial charge in [-0.05, 0) is 98.2 Å². The third-order valence-corrected chi connectivity index (χ3v) is 9.49. The molecule has 7 unspecified atom stereocenters. The number of rotatable bonds is 16. The molecule has 0 spiro atoms. The van der Waals surface area contributed by atoms with E-state index in [1.165, 1.54) is 82.6 Å². The molecule has 36 heavy (non-hydrogen) atoms. The highest BCUT2D eigenvalue weighted by molar-refractivity contribution is 4.94. The van der Waals surface area contributed by atoms with Crippen LogP contribution in [0.15, 0.2) is 12.2 Å². The van der Waals surface area contributed by atoms with Crippen LogP contribution < -0.4 is 0 Å². The highest BCUT2D eigenvalue weighted by Crippen LogP contribution is 2.45. The van der Waals surface area contributed by atoms with Crippen molar-refractivity contribution < 1.29 is 0 Å². The van der Waals surface area contributed by atoms with Gasteiger partial charge in [-0.2, -0.15) is 0 Å². The van der Waals surface area contributed by atoms with Gasteiger partial charge in [0, 0.05) is 0 Å². The molecule has 0 aromatic rings. The largest absolute Gasteiger partial charge is 0.0999 e. The van der Waals surface area contributed by atoms with E-state index >= 15 is 0 Å². The highest BCUT2D eigenvalue weighted by Gasteiger charge is 2.35. The van der Waals surface area contributed by atoms with Crippen molar-refractivity contribution >= 4 is 0 Å². The molecule has 0 radical (unpaired) electrons. The minimum absolute atomic E-state index is 0.755. The Kier molecular flexibility index (Phi) is 23.9. The molecule has 1 rings (SSSR count). The Morgan fingerprint density at radius 1 is 0.806 bits per heavy atom. The van der Waals surface area contributed by atoms with Gasteiger partial charge in [-0.3, -0.25) is 0 Å². The minimum Gasteiger partial charge on any atom is -0.0999 e. The molecule has 7 atom stereocenters. The number of hydrogen-bond donors (Lipinski definition) is 0. The predicted molar refractivity (Wildman–Crippen MR) is 170 cm³/mol. The van der Waals surface area contributed by atoms with Crippen molar-refractivity contribution in [3.05, 3.63) is 12.2 Å². The fourth-order valence-corrected chi connectivity index (χ4v) is 6.84. The SMILES string of the molecule is C=C(CCCC(CCC)C(C)CCC(C)C1CCC(CC)C(C(C)C(C)C)C1)CC(C)C.CC.CC. The Bertz CT molecular complexity index is 484. The van der Waals surface area contributed by atoms with E-state index in [1.807, 2.05) is 27.7 Å². The molecular weight excluding hydrogens is 432 g/mol. The van der Waals surface area contributed by atoms with Crippen LogP contribution in [0.4, 0.5) is 0 Å². The summed E-state index contributed by atoms with van der Waals surface area (Å²) in [5.74, 6) is 8.09. The summed E-state index contributed by atoms with van der Waals surface area (Å²) < 4.78 is 0. The summed E-state index contributed by atoms with van der Waals surface area (Å²) in [5.41, 5.74) is 1.48. The fourth-order valence-electron chi connectivity index (χ4n) is 6.84. The van der Waals surface area contributed by atoms with E-state index in [0.717, 1.165) is 53.3 Å². The standard InChI is InChI=1S/C32H62.2C2H6/c1-11-14-30(16-13-15-25(7)21-23(3)4)26(8)17-18-27(9)31-20-19-29(12-2)32(22-31)28(10)24(5)6;2*1-2/h23-24,26-32H,7,11-22H2,1-6,8-10H3;2*1-2H3. The van der Waals surface area contributed by atoms with Crippen molar-refractivity contribution in [2.45, 2.75) is 167 Å². The molecule has 0 heteroatoms. The molecule has 0 nitrogen and oxygen atoms in total. The predicted octanol–water partition coefficient (Wildman–Crippen LogP) is 13.0. The molecule has 0 aromatic carbocycles. The van der Waals surface area contributed by atoms with Crippen LogP contribution >= 0.6 is 0 Å². The van der Waals surface area contributed by atoms with Crippen LogP contribution in [-0.4, -0.2) is 0 Å². The summed E-state index contributed by atoms with van der Waals surface area (Å²) in [4.78, 5) is 0. The molecule has 0 amide bonds. The van der Waals surface area contributed by atoms with Gasteiger partial charge in [0.2, 0.25) is 0 Å². The zero-order valence-electron chi connectivity index (χ0n) is 27.9. The van der Waals surface area contributed by atoms with Crippen molar-refractivity contribution in [3.63, 3.8) is 0 Å². The van der Waals surface area contributed by atoms with E-state index in [-0.39, 0.29) is 0 Å². The first kappa shape index (κ1) is 37.9. The van der Waals surface area contributed by atoms with Crippen LogP contribution in [-0.2, 0) is 0 Å². The summed E-state index contributed by atoms with van der Waals surface area (Å²) in [7, 11) is 0. The third-order valence-electron chi connectivity index (χ3n) is 9.49. The van der Waals surface area contributed by atoms with Crippen molar-refractivity contribution in [2.75, 3.05) is 0 Å². The Labute approximate surface area is 232 Å². The smallest absolute Gasteiger partial charge is 0.0300 e. The van der Waals surface area contributed by atoms with Crippen LogP contribution in [0.2, 0.25) is 0 Å². The maximum atomic E-state index is 4.33. The van der Waals surface area contributed by atoms with Crippen LogP contribution in [0.25, 0.3) is 0 Å². The van der Waals surface area contributed by atoms with E-state index < -0.39 is 0 Å². The maximum Gasteiger partial charge on any atom is -0.0300 e. The van der Waals surface area contributed by atoms with Crippen LogP contribution in [0.1, 0.15) is 167 Å². The summed E-state index contributed by atoms with van der Waals surface area (Å²) in [6.07, 6.45) is 16.7. The van der Waals surface area contributed by atoms with Gasteiger partial charge in [-0.1, -0.05) is 134 Å². The lowest BCUT2D eigenvalue weighted by Crippen LogP contribution is -2.33. The lowest BCUT2D eigenvalue weighted by atomic mass is 9.63. The van der Waals surface area contributed by atoms with Crippen molar-refractivity contribution in [1.29, 1.82) is 0 Å². The Morgan fingerprint density at radius 3 is 1.92 bits per heavy atom. The highest BCUT2D eigenvalue weighted by atomic mass is 14.4. The van der Waals surface area contributed by atoms with Crippen LogP contribution in [0.3, 0.4) is 0 Å². The average molecular weight is 507 g/mol. The molecule has 0 aromatic heterocycles. The second-order valence-corrected chi connectivity index (χ2v) is 12.8. The van der Waals surface area contributed by atoms with Crippen molar-refractivity contribution in [2.24, 2.45) is 53.3 Å². The fraction of sp³-hybridized carbons (Fsp3) is 0.944. The van der Waals surface area contributed by atoms with E-state index in [9.17, 15) is 0 Å². The molecule has 0 aliphatic heterocycles. The monoisotopic (exact) mass is 507 g/mol. The summed E-state index contributed by atoms with van der Waals surface area (Å²) in [5, 5.41) is 0. The lowest BCUT2D eigenvalue weighted by Gasteiger charge is -2.43. The van der Waals surface area contributed by atoms with E-state index in [4.69, 9.17) is 0 Å². The van der Waals surface area contributed by atoms with Crippen LogP contribution in [0.5, 0.6) is 0 Å². The third kappa shape index (κ3) is 15.2. The molecule has 0 bridgehead atoms. The van der Waals surface area contributed by atoms with Gasteiger partial charge in [0.05, 0.1) is 0 Å². The molecule has 1 saturated carbocycles. The van der Waals surface area contributed by atoms with Gasteiger partial charge >= 0.3 is 0 Å². The molecule has 218 valence electrons. The van der Waals surface area contributed by atoms with Gasteiger partial charge in [-0.15, -0.1) is 0 Å². The van der Waals surface area contributed by atoms with E-state index in [1.54, 1.807) is 0 Å². The van der Waals surface area contributed by atoms with Crippen molar-refractivity contribution in [1.82, 2.24) is 0 Å².